The molecule has 1 aromatic carbocycles. The van der Waals surface area contributed by atoms with Gasteiger partial charge in [-0.15, -0.1) is 8.78 Å². The van der Waals surface area contributed by atoms with Crippen molar-refractivity contribution in [1.82, 2.24) is 20.4 Å². The average molecular weight is 510 g/mol. The zero-order chi connectivity index (χ0) is 25.9. The normalized spacial score (nSPS) is 27.6. The maximum absolute atomic E-state index is 14.3. The monoisotopic (exact) mass is 510 g/mol. The number of hydrogen-bond donors (Lipinski definition) is 3. The van der Waals surface area contributed by atoms with Gasteiger partial charge in [-0.05, 0) is 51.2 Å². The number of aliphatic hydroxyl groups excluding tert-OH is 1. The molecule has 2 bridgehead atoms. The molecule has 13 heteroatoms. The molecule has 3 fully saturated rings. The molecule has 0 spiro atoms. The van der Waals surface area contributed by atoms with E-state index in [0.717, 1.165) is 0 Å². The standard InChI is InChI=1S/C23H25F3N4O6/c1-12-18(24)19(30(2)29-12)20(33)28-21-5-7-22(8-6-21,16(31)10-21)27-17(32)11-34-13-3-4-14-15(9-13)36-23(25,26)35-14/h3-4,9,16,31H,5-8,10-11H2,1-2H3,(H,27,32)(H,28,33). The summed E-state index contributed by atoms with van der Waals surface area (Å²) in [4.78, 5) is 25.4. The van der Waals surface area contributed by atoms with Crippen molar-refractivity contribution in [1.29, 1.82) is 0 Å². The highest BCUT2D eigenvalue weighted by atomic mass is 19.3. The second-order valence-corrected chi connectivity index (χ2v) is 9.60. The van der Waals surface area contributed by atoms with Gasteiger partial charge in [0.15, 0.2) is 29.6 Å². The molecule has 194 valence electrons. The van der Waals surface area contributed by atoms with Crippen LogP contribution in [0.3, 0.4) is 0 Å². The molecule has 36 heavy (non-hydrogen) atoms. The van der Waals surface area contributed by atoms with Gasteiger partial charge in [-0.2, -0.15) is 5.10 Å². The quantitative estimate of drug-likeness (QED) is 0.543. The zero-order valence-electron chi connectivity index (χ0n) is 19.6. The number of halogens is 3. The molecule has 10 nitrogen and oxygen atoms in total. The largest absolute Gasteiger partial charge is 0.586 e. The van der Waals surface area contributed by atoms with Crippen LogP contribution in [0.1, 0.15) is 48.3 Å². The summed E-state index contributed by atoms with van der Waals surface area (Å²) in [5.74, 6) is -1.99. The number of aliphatic hydroxyl groups is 1. The number of benzene rings is 1. The van der Waals surface area contributed by atoms with E-state index in [1.807, 2.05) is 0 Å². The average Bonchev–Trinajstić information content (AvgIpc) is 3.25. The Hall–Kier alpha value is -3.48. The summed E-state index contributed by atoms with van der Waals surface area (Å²) in [6, 6.07) is 3.82. The first kappa shape index (κ1) is 24.2. The third-order valence-electron chi connectivity index (χ3n) is 7.20. The number of rotatable bonds is 6. The fourth-order valence-electron chi connectivity index (χ4n) is 5.32. The Kier molecular flexibility index (Phi) is 5.58. The van der Waals surface area contributed by atoms with E-state index in [2.05, 4.69) is 25.2 Å². The first-order valence-electron chi connectivity index (χ1n) is 11.4. The number of aromatic nitrogens is 2. The van der Waals surface area contributed by atoms with Gasteiger partial charge in [0.25, 0.3) is 11.8 Å². The van der Waals surface area contributed by atoms with E-state index in [-0.39, 0.29) is 35.1 Å². The van der Waals surface area contributed by atoms with Crippen molar-refractivity contribution >= 4 is 11.8 Å². The predicted octanol–water partition coefficient (Wildman–Crippen LogP) is 1.93. The van der Waals surface area contributed by atoms with E-state index in [9.17, 15) is 27.9 Å². The molecule has 1 atom stereocenters. The molecular weight excluding hydrogens is 485 g/mol. The van der Waals surface area contributed by atoms with Gasteiger partial charge in [0.2, 0.25) is 0 Å². The van der Waals surface area contributed by atoms with E-state index in [4.69, 9.17) is 4.74 Å². The summed E-state index contributed by atoms with van der Waals surface area (Å²) in [5.41, 5.74) is -1.66. The van der Waals surface area contributed by atoms with Gasteiger partial charge in [-0.3, -0.25) is 14.3 Å². The van der Waals surface area contributed by atoms with Crippen molar-refractivity contribution in [2.75, 3.05) is 6.61 Å². The molecule has 1 aromatic heterocycles. The van der Waals surface area contributed by atoms with Crippen LogP contribution >= 0.6 is 0 Å². The van der Waals surface area contributed by atoms with Gasteiger partial charge in [0.1, 0.15) is 5.75 Å². The molecule has 6 rings (SSSR count). The van der Waals surface area contributed by atoms with Crippen LogP contribution < -0.4 is 24.8 Å². The van der Waals surface area contributed by atoms with Crippen LogP contribution in [0.15, 0.2) is 18.2 Å². The smallest absolute Gasteiger partial charge is 0.484 e. The summed E-state index contributed by atoms with van der Waals surface area (Å²) in [6.45, 7) is 1.06. The predicted molar refractivity (Wildman–Crippen MR) is 116 cm³/mol. The Morgan fingerprint density at radius 1 is 1.19 bits per heavy atom. The molecular formula is C23H25F3N4O6. The van der Waals surface area contributed by atoms with Gasteiger partial charge in [0.05, 0.1) is 17.3 Å². The number of carbonyl (C=O) groups excluding carboxylic acids is 2. The number of nitrogens with one attached hydrogen (secondary N) is 2. The van der Waals surface area contributed by atoms with Crippen molar-refractivity contribution in [3.8, 4) is 17.2 Å². The fourth-order valence-corrected chi connectivity index (χ4v) is 5.32. The maximum Gasteiger partial charge on any atom is 0.586 e. The van der Waals surface area contributed by atoms with E-state index in [0.29, 0.717) is 25.7 Å². The number of nitrogens with zero attached hydrogens (tertiary/aromatic N) is 2. The Bertz CT molecular complexity index is 1220. The molecule has 2 amide bonds. The van der Waals surface area contributed by atoms with Gasteiger partial charge >= 0.3 is 6.29 Å². The first-order chi connectivity index (χ1) is 16.9. The SMILES string of the molecule is Cc1nn(C)c(C(=O)NC23CCC(NC(=O)COc4ccc5c(c4)OC(F)(F)O5)(CC2)C(O)C3)c1F. The molecule has 3 saturated carbocycles. The van der Waals surface area contributed by atoms with Gasteiger partial charge in [-0.25, -0.2) is 4.39 Å². The van der Waals surface area contributed by atoms with Gasteiger partial charge in [-0.1, -0.05) is 0 Å². The molecule has 2 aromatic rings. The lowest BCUT2D eigenvalue weighted by Crippen LogP contribution is -2.70. The topological polar surface area (TPSA) is 124 Å². The molecule has 1 aliphatic heterocycles. The van der Waals surface area contributed by atoms with Crippen LogP contribution in [0.2, 0.25) is 0 Å². The molecule has 2 heterocycles. The number of alkyl halides is 2. The summed E-state index contributed by atoms with van der Waals surface area (Å²) in [5, 5.41) is 20.6. The zero-order valence-corrected chi connectivity index (χ0v) is 19.6. The van der Waals surface area contributed by atoms with Crippen LogP contribution in [0, 0.1) is 12.7 Å². The minimum Gasteiger partial charge on any atom is -0.484 e. The lowest BCUT2D eigenvalue weighted by atomic mass is 9.60. The molecule has 1 unspecified atom stereocenters. The summed E-state index contributed by atoms with van der Waals surface area (Å²) >= 11 is 0. The number of carbonyl (C=O) groups is 2. The van der Waals surface area contributed by atoms with E-state index < -0.39 is 47.7 Å². The second-order valence-electron chi connectivity index (χ2n) is 9.60. The van der Waals surface area contributed by atoms with Crippen molar-refractivity contribution < 1.29 is 42.1 Å². The van der Waals surface area contributed by atoms with Crippen LogP contribution in [-0.4, -0.2) is 56.8 Å². The lowest BCUT2D eigenvalue weighted by Gasteiger charge is -2.56. The number of amides is 2. The van der Waals surface area contributed by atoms with Crippen molar-refractivity contribution in [2.24, 2.45) is 7.05 Å². The highest BCUT2D eigenvalue weighted by Crippen LogP contribution is 2.47. The van der Waals surface area contributed by atoms with E-state index in [1.165, 1.54) is 36.9 Å². The van der Waals surface area contributed by atoms with Crippen LogP contribution in [0.4, 0.5) is 13.2 Å². The molecule has 4 aliphatic rings. The highest BCUT2D eigenvalue weighted by molar-refractivity contribution is 5.93. The Balaban J connectivity index is 1.18. The summed E-state index contributed by atoms with van der Waals surface area (Å²) in [6.07, 6.45) is -2.77. The maximum atomic E-state index is 14.3. The molecule has 3 N–H and O–H groups in total. The van der Waals surface area contributed by atoms with Crippen molar-refractivity contribution in [3.63, 3.8) is 0 Å². The van der Waals surface area contributed by atoms with Crippen LogP contribution in [0.25, 0.3) is 0 Å². The van der Waals surface area contributed by atoms with E-state index in [1.54, 1.807) is 0 Å². The van der Waals surface area contributed by atoms with Crippen molar-refractivity contribution in [3.05, 3.63) is 35.4 Å². The molecule has 0 radical (unpaired) electrons. The summed E-state index contributed by atoms with van der Waals surface area (Å²) in [7, 11) is 1.49. The van der Waals surface area contributed by atoms with Crippen LogP contribution in [-0.2, 0) is 11.8 Å². The molecule has 0 saturated heterocycles. The lowest BCUT2D eigenvalue weighted by molar-refractivity contribution is -0.286. The third kappa shape index (κ3) is 4.21. The number of fused-ring (bicyclic) bond motifs is 4. The summed E-state index contributed by atoms with van der Waals surface area (Å²) < 4.78 is 56.0. The Morgan fingerprint density at radius 2 is 1.89 bits per heavy atom. The minimum absolute atomic E-state index is 0.120. The first-order valence-corrected chi connectivity index (χ1v) is 11.4. The van der Waals surface area contributed by atoms with Gasteiger partial charge < -0.3 is 30.0 Å². The van der Waals surface area contributed by atoms with Gasteiger partial charge in [0, 0.05) is 18.7 Å². The Labute approximate surface area is 203 Å². The van der Waals surface area contributed by atoms with E-state index >= 15 is 0 Å². The minimum atomic E-state index is -3.75. The molecule has 3 aliphatic carbocycles. The number of aryl methyl sites for hydroxylation is 2. The van der Waals surface area contributed by atoms with Crippen LogP contribution in [0.5, 0.6) is 17.2 Å². The third-order valence-corrected chi connectivity index (χ3v) is 7.20. The fraction of sp³-hybridized carbons (Fsp3) is 0.522. The number of hydrogen-bond acceptors (Lipinski definition) is 7. The van der Waals surface area contributed by atoms with Crippen molar-refractivity contribution in [2.45, 2.75) is 62.5 Å². The highest BCUT2D eigenvalue weighted by Gasteiger charge is 2.55. The Morgan fingerprint density at radius 3 is 2.53 bits per heavy atom. The second kappa shape index (κ2) is 8.29. The number of ether oxygens (including phenoxy) is 3.